The van der Waals surface area contributed by atoms with Crippen molar-refractivity contribution < 1.29 is 22.3 Å². The standard InChI is InChI=1S/C13H18FNO4S/c1-9-8-19-10(2)7-15(9)20(16,17)11-4-5-13(18-3)12(14)6-11/h4-6,9-10H,7-8H2,1-3H3/t9-,10+/m1/s1. The number of hydrogen-bond acceptors (Lipinski definition) is 4. The Morgan fingerprint density at radius 3 is 2.70 bits per heavy atom. The summed E-state index contributed by atoms with van der Waals surface area (Å²) in [6.07, 6.45) is -0.177. The maximum atomic E-state index is 13.7. The van der Waals surface area contributed by atoms with Crippen LogP contribution < -0.4 is 4.74 Å². The van der Waals surface area contributed by atoms with Crippen LogP contribution in [-0.4, -0.2) is 45.1 Å². The van der Waals surface area contributed by atoms with Crippen molar-refractivity contribution in [2.75, 3.05) is 20.3 Å². The Morgan fingerprint density at radius 2 is 2.10 bits per heavy atom. The number of morpholine rings is 1. The van der Waals surface area contributed by atoms with E-state index in [0.717, 1.165) is 6.07 Å². The highest BCUT2D eigenvalue weighted by molar-refractivity contribution is 7.89. The molecule has 0 aliphatic carbocycles. The molecule has 0 spiro atoms. The van der Waals surface area contributed by atoms with Gasteiger partial charge in [-0.05, 0) is 32.0 Å². The van der Waals surface area contributed by atoms with E-state index in [4.69, 9.17) is 9.47 Å². The first-order valence-corrected chi connectivity index (χ1v) is 7.77. The van der Waals surface area contributed by atoms with Crippen molar-refractivity contribution in [1.29, 1.82) is 0 Å². The molecule has 2 rings (SSSR count). The molecule has 0 bridgehead atoms. The number of rotatable bonds is 3. The molecule has 0 unspecified atom stereocenters. The monoisotopic (exact) mass is 303 g/mol. The molecule has 1 aliphatic heterocycles. The van der Waals surface area contributed by atoms with Crippen molar-refractivity contribution in [1.82, 2.24) is 4.31 Å². The fourth-order valence-electron chi connectivity index (χ4n) is 2.15. The van der Waals surface area contributed by atoms with Gasteiger partial charge in [-0.2, -0.15) is 4.31 Å². The van der Waals surface area contributed by atoms with E-state index in [1.807, 2.05) is 6.92 Å². The Balaban J connectivity index is 2.36. The number of methoxy groups -OCH3 is 1. The molecule has 1 saturated heterocycles. The normalized spacial score (nSPS) is 24.6. The number of nitrogens with zero attached hydrogens (tertiary/aromatic N) is 1. The van der Waals surface area contributed by atoms with Crippen LogP contribution in [0.15, 0.2) is 23.1 Å². The van der Waals surface area contributed by atoms with Gasteiger partial charge < -0.3 is 9.47 Å². The van der Waals surface area contributed by atoms with Crippen LogP contribution in [0.1, 0.15) is 13.8 Å². The van der Waals surface area contributed by atoms with Gasteiger partial charge in [0.2, 0.25) is 10.0 Å². The quantitative estimate of drug-likeness (QED) is 0.851. The van der Waals surface area contributed by atoms with Gasteiger partial charge in [0.15, 0.2) is 11.6 Å². The summed E-state index contributed by atoms with van der Waals surface area (Å²) in [7, 11) is -2.40. The van der Waals surface area contributed by atoms with Gasteiger partial charge in [0, 0.05) is 12.6 Å². The highest BCUT2D eigenvalue weighted by atomic mass is 32.2. The largest absolute Gasteiger partial charge is 0.494 e. The minimum absolute atomic E-state index is 0.0207. The smallest absolute Gasteiger partial charge is 0.243 e. The molecule has 1 aliphatic rings. The second-order valence-corrected chi connectivity index (χ2v) is 6.75. The summed E-state index contributed by atoms with van der Waals surface area (Å²) in [5, 5.41) is 0. The zero-order chi connectivity index (χ0) is 14.9. The lowest BCUT2D eigenvalue weighted by atomic mass is 10.2. The average molecular weight is 303 g/mol. The van der Waals surface area contributed by atoms with Gasteiger partial charge >= 0.3 is 0 Å². The molecule has 1 aromatic rings. The zero-order valence-corrected chi connectivity index (χ0v) is 12.5. The van der Waals surface area contributed by atoms with E-state index >= 15 is 0 Å². The molecule has 0 radical (unpaired) electrons. The number of halogens is 1. The molecule has 20 heavy (non-hydrogen) atoms. The van der Waals surface area contributed by atoms with Gasteiger partial charge in [0.25, 0.3) is 0 Å². The summed E-state index contributed by atoms with van der Waals surface area (Å²) < 4.78 is 50.4. The van der Waals surface area contributed by atoms with Gasteiger partial charge in [-0.1, -0.05) is 0 Å². The van der Waals surface area contributed by atoms with E-state index in [-0.39, 0.29) is 29.3 Å². The number of sulfonamides is 1. The Bertz CT molecular complexity index is 590. The van der Waals surface area contributed by atoms with Crippen LogP contribution in [0, 0.1) is 5.82 Å². The molecule has 1 fully saturated rings. The summed E-state index contributed by atoms with van der Waals surface area (Å²) in [4.78, 5) is -0.0725. The summed E-state index contributed by atoms with van der Waals surface area (Å²) >= 11 is 0. The minimum Gasteiger partial charge on any atom is -0.494 e. The minimum atomic E-state index is -3.73. The lowest BCUT2D eigenvalue weighted by Crippen LogP contribution is -2.50. The van der Waals surface area contributed by atoms with Crippen molar-refractivity contribution in [2.24, 2.45) is 0 Å². The topological polar surface area (TPSA) is 55.8 Å². The molecule has 5 nitrogen and oxygen atoms in total. The molecule has 0 amide bonds. The predicted molar refractivity (Wildman–Crippen MR) is 71.7 cm³/mol. The van der Waals surface area contributed by atoms with Crippen LogP contribution in [0.5, 0.6) is 5.75 Å². The van der Waals surface area contributed by atoms with Crippen LogP contribution in [0.2, 0.25) is 0 Å². The summed E-state index contributed by atoms with van der Waals surface area (Å²) in [5.74, 6) is -0.671. The van der Waals surface area contributed by atoms with Gasteiger partial charge in [-0.15, -0.1) is 0 Å². The van der Waals surface area contributed by atoms with E-state index < -0.39 is 15.8 Å². The van der Waals surface area contributed by atoms with Crippen LogP contribution >= 0.6 is 0 Å². The molecular formula is C13H18FNO4S. The van der Waals surface area contributed by atoms with E-state index in [1.165, 1.54) is 23.5 Å². The van der Waals surface area contributed by atoms with Crippen molar-refractivity contribution in [3.63, 3.8) is 0 Å². The van der Waals surface area contributed by atoms with E-state index in [0.29, 0.717) is 6.61 Å². The fourth-order valence-corrected chi connectivity index (χ4v) is 3.85. The lowest BCUT2D eigenvalue weighted by molar-refractivity contribution is -0.0170. The SMILES string of the molecule is COc1ccc(S(=O)(=O)N2C[C@H](C)OC[C@H]2C)cc1F. The molecule has 112 valence electrons. The number of ether oxygens (including phenoxy) is 2. The van der Waals surface area contributed by atoms with Gasteiger partial charge in [0.1, 0.15) is 0 Å². The van der Waals surface area contributed by atoms with Crippen molar-refractivity contribution in [2.45, 2.75) is 30.9 Å². The third-order valence-electron chi connectivity index (χ3n) is 3.28. The Kier molecular flexibility index (Phi) is 4.31. The number of hydrogen-bond donors (Lipinski definition) is 0. The highest BCUT2D eigenvalue weighted by Crippen LogP contribution is 2.26. The maximum absolute atomic E-state index is 13.7. The zero-order valence-electron chi connectivity index (χ0n) is 11.7. The van der Waals surface area contributed by atoms with Crippen molar-refractivity contribution in [3.05, 3.63) is 24.0 Å². The maximum Gasteiger partial charge on any atom is 0.243 e. The third-order valence-corrected chi connectivity index (χ3v) is 5.26. The molecule has 0 N–H and O–H groups in total. The first-order chi connectivity index (χ1) is 9.36. The molecule has 1 aromatic carbocycles. The van der Waals surface area contributed by atoms with Crippen LogP contribution in [0.4, 0.5) is 4.39 Å². The first kappa shape index (κ1) is 15.2. The Labute approximate surface area is 118 Å². The first-order valence-electron chi connectivity index (χ1n) is 6.33. The summed E-state index contributed by atoms with van der Waals surface area (Å²) in [6.45, 7) is 4.17. The average Bonchev–Trinajstić information content (AvgIpc) is 2.41. The molecule has 2 atom stereocenters. The van der Waals surface area contributed by atoms with Crippen LogP contribution in [0.3, 0.4) is 0 Å². The second-order valence-electron chi connectivity index (χ2n) is 4.86. The summed E-state index contributed by atoms with van der Waals surface area (Å²) in [5.41, 5.74) is 0. The van der Waals surface area contributed by atoms with Gasteiger partial charge in [-0.25, -0.2) is 12.8 Å². The predicted octanol–water partition coefficient (Wildman–Crippen LogP) is 1.63. The van der Waals surface area contributed by atoms with Crippen LogP contribution in [0.25, 0.3) is 0 Å². The number of benzene rings is 1. The second kappa shape index (κ2) is 5.67. The van der Waals surface area contributed by atoms with Crippen LogP contribution in [-0.2, 0) is 14.8 Å². The molecular weight excluding hydrogens is 285 g/mol. The molecule has 1 heterocycles. The van der Waals surface area contributed by atoms with E-state index in [9.17, 15) is 12.8 Å². The van der Waals surface area contributed by atoms with E-state index in [2.05, 4.69) is 0 Å². The molecule has 0 saturated carbocycles. The Hall–Kier alpha value is -1.18. The van der Waals surface area contributed by atoms with Gasteiger partial charge in [0.05, 0.1) is 24.7 Å². The molecule has 7 heteroatoms. The van der Waals surface area contributed by atoms with E-state index in [1.54, 1.807) is 6.92 Å². The van der Waals surface area contributed by atoms with Crippen molar-refractivity contribution in [3.8, 4) is 5.75 Å². The Morgan fingerprint density at radius 1 is 1.40 bits per heavy atom. The summed E-state index contributed by atoms with van der Waals surface area (Å²) in [6, 6.07) is 3.38. The highest BCUT2D eigenvalue weighted by Gasteiger charge is 2.34. The van der Waals surface area contributed by atoms with Crippen molar-refractivity contribution >= 4 is 10.0 Å². The van der Waals surface area contributed by atoms with Gasteiger partial charge in [-0.3, -0.25) is 0 Å². The molecule has 0 aromatic heterocycles. The fraction of sp³-hybridized carbons (Fsp3) is 0.538. The third kappa shape index (κ3) is 2.79. The lowest BCUT2D eigenvalue weighted by Gasteiger charge is -2.35.